The monoisotopic (exact) mass is 485 g/mol. The fourth-order valence-corrected chi connectivity index (χ4v) is 4.88. The summed E-state index contributed by atoms with van der Waals surface area (Å²) in [4.78, 5) is 18.3. The normalized spacial score (nSPS) is 12.4. The highest BCUT2D eigenvalue weighted by molar-refractivity contribution is 7.98. The van der Waals surface area contributed by atoms with Crippen molar-refractivity contribution in [3.63, 3.8) is 0 Å². The molecule has 1 aliphatic heterocycles. The van der Waals surface area contributed by atoms with Gasteiger partial charge in [-0.3, -0.25) is 4.79 Å². The number of anilines is 1. The van der Waals surface area contributed by atoms with Crippen LogP contribution in [0.25, 0.3) is 0 Å². The maximum absolute atomic E-state index is 13.3. The summed E-state index contributed by atoms with van der Waals surface area (Å²) in [6, 6.07) is 21.7. The van der Waals surface area contributed by atoms with E-state index < -0.39 is 0 Å². The lowest BCUT2D eigenvalue weighted by Gasteiger charge is -2.28. The molecule has 6 nitrogen and oxygen atoms in total. The van der Waals surface area contributed by atoms with Crippen LogP contribution < -0.4 is 14.8 Å². The number of carbonyl (C=O) groups is 1. The van der Waals surface area contributed by atoms with E-state index in [2.05, 4.69) is 10.3 Å². The van der Waals surface area contributed by atoms with Gasteiger partial charge >= 0.3 is 0 Å². The van der Waals surface area contributed by atoms with Gasteiger partial charge < -0.3 is 19.4 Å². The van der Waals surface area contributed by atoms with E-state index >= 15 is 0 Å². The summed E-state index contributed by atoms with van der Waals surface area (Å²) in [6.07, 6.45) is 8.70. The first-order valence-corrected chi connectivity index (χ1v) is 12.9. The fourth-order valence-electron chi connectivity index (χ4n) is 4.35. The average molecular weight is 486 g/mol. The van der Waals surface area contributed by atoms with Gasteiger partial charge in [0.1, 0.15) is 17.2 Å². The van der Waals surface area contributed by atoms with Gasteiger partial charge in [0, 0.05) is 53.4 Å². The molecule has 0 spiro atoms. The number of aromatic nitrogens is 2. The lowest BCUT2D eigenvalue weighted by molar-refractivity contribution is -0.116. The number of thioether (sulfide) groups is 1. The molecule has 0 saturated heterocycles. The van der Waals surface area contributed by atoms with Crippen LogP contribution in [0.4, 0.5) is 5.69 Å². The van der Waals surface area contributed by atoms with Crippen LogP contribution in [0, 0.1) is 0 Å². The first-order chi connectivity index (χ1) is 17.2. The average Bonchev–Trinajstić information content (AvgIpc) is 3.40. The number of nitrogens with one attached hydrogen (secondary N) is 1. The molecule has 1 aliphatic rings. The predicted octanol–water partition coefficient (Wildman–Crippen LogP) is 6.34. The van der Waals surface area contributed by atoms with Crippen LogP contribution in [0.2, 0.25) is 0 Å². The number of hydrogen-bond acceptors (Lipinski definition) is 5. The van der Waals surface area contributed by atoms with E-state index in [1.807, 2.05) is 83.7 Å². The van der Waals surface area contributed by atoms with Crippen LogP contribution in [-0.2, 0) is 11.3 Å². The Balaban J connectivity index is 1.28. The summed E-state index contributed by atoms with van der Waals surface area (Å²) < 4.78 is 14.1. The fraction of sp³-hybridized carbons (Fsp3) is 0.214. The van der Waals surface area contributed by atoms with E-state index in [4.69, 9.17) is 9.47 Å². The summed E-state index contributed by atoms with van der Waals surface area (Å²) >= 11 is 1.60. The van der Waals surface area contributed by atoms with Crippen molar-refractivity contribution in [2.45, 2.75) is 30.2 Å². The molecule has 1 aromatic heterocycles. The number of nitrogens with zero attached hydrogens (tertiary/aromatic N) is 2. The lowest BCUT2D eigenvalue weighted by Crippen LogP contribution is -2.19. The molecule has 0 atom stereocenters. The Bertz CT molecular complexity index is 1260. The number of imidazole rings is 1. The number of hydrogen-bond donors (Lipinski definition) is 1. The molecule has 0 saturated carbocycles. The number of para-hydroxylation sites is 2. The molecule has 0 aliphatic carbocycles. The van der Waals surface area contributed by atoms with Crippen LogP contribution >= 0.6 is 11.8 Å². The minimum Gasteiger partial charge on any atom is -0.493 e. The zero-order chi connectivity index (χ0) is 24.0. The van der Waals surface area contributed by atoms with Gasteiger partial charge in [-0.05, 0) is 36.9 Å². The van der Waals surface area contributed by atoms with Crippen LogP contribution in [0.1, 0.15) is 29.9 Å². The summed E-state index contributed by atoms with van der Waals surface area (Å²) in [7, 11) is 0. The van der Waals surface area contributed by atoms with Crippen molar-refractivity contribution in [1.29, 1.82) is 0 Å². The molecule has 4 aromatic rings. The van der Waals surface area contributed by atoms with E-state index in [-0.39, 0.29) is 11.8 Å². The number of amides is 1. The first kappa shape index (κ1) is 23.1. The third-order valence-electron chi connectivity index (χ3n) is 6.03. The molecule has 0 unspecified atom stereocenters. The summed E-state index contributed by atoms with van der Waals surface area (Å²) in [5.41, 5.74) is 2.83. The summed E-state index contributed by atoms with van der Waals surface area (Å²) in [5, 5.41) is 3.13. The Kier molecular flexibility index (Phi) is 7.04. The van der Waals surface area contributed by atoms with E-state index in [1.165, 1.54) is 0 Å². The molecule has 1 N–H and O–H groups in total. The van der Waals surface area contributed by atoms with Crippen molar-refractivity contribution in [1.82, 2.24) is 9.55 Å². The molecular formula is C28H27N3O3S. The van der Waals surface area contributed by atoms with Gasteiger partial charge in [0.05, 0.1) is 18.6 Å². The van der Waals surface area contributed by atoms with Crippen molar-refractivity contribution in [2.75, 3.05) is 18.2 Å². The van der Waals surface area contributed by atoms with Crippen LogP contribution in [0.15, 0.2) is 90.3 Å². The highest BCUT2D eigenvalue weighted by Crippen LogP contribution is 2.45. The van der Waals surface area contributed by atoms with Crippen molar-refractivity contribution < 1.29 is 14.3 Å². The highest BCUT2D eigenvalue weighted by Gasteiger charge is 2.28. The zero-order valence-corrected chi connectivity index (χ0v) is 20.3. The van der Waals surface area contributed by atoms with Crippen molar-refractivity contribution in [2.24, 2.45) is 0 Å². The van der Waals surface area contributed by atoms with Crippen molar-refractivity contribution in [3.8, 4) is 17.2 Å². The Hall–Kier alpha value is -3.71. The Morgan fingerprint density at radius 1 is 1.09 bits per heavy atom. The van der Waals surface area contributed by atoms with E-state index in [0.29, 0.717) is 13.0 Å². The third-order valence-corrected chi connectivity index (χ3v) is 6.83. The molecule has 0 radical (unpaired) electrons. The maximum Gasteiger partial charge on any atom is 0.225 e. The molecule has 2 heterocycles. The van der Waals surface area contributed by atoms with Crippen LogP contribution in [-0.4, -0.2) is 28.3 Å². The number of carbonyl (C=O) groups excluding carboxylic acids is 1. The van der Waals surface area contributed by atoms with Crippen molar-refractivity contribution >= 4 is 23.4 Å². The standard InChI is InChI=1S/C28H27N3O3S/c1-35-27-12-11-20(33-16-6-14-31-15-13-29-19-31)17-24(27)30-28(32)18-23-21-7-2-4-9-25(21)34-26-10-5-3-8-22(23)26/h2-5,7-13,15,17,19,23H,6,14,16,18H2,1H3,(H,30,32). The Morgan fingerprint density at radius 2 is 1.83 bits per heavy atom. The van der Waals surface area contributed by atoms with Gasteiger partial charge in [0.25, 0.3) is 0 Å². The molecule has 35 heavy (non-hydrogen) atoms. The maximum atomic E-state index is 13.3. The SMILES string of the molecule is CSc1ccc(OCCCn2ccnc2)cc1NC(=O)CC1c2ccccc2Oc2ccccc21. The second kappa shape index (κ2) is 10.7. The number of benzene rings is 3. The molecule has 0 fully saturated rings. The topological polar surface area (TPSA) is 65.4 Å². The molecule has 1 amide bonds. The van der Waals surface area contributed by atoms with Crippen molar-refractivity contribution in [3.05, 3.63) is 96.6 Å². The molecule has 5 rings (SSSR count). The molecular weight excluding hydrogens is 458 g/mol. The van der Waals surface area contributed by atoms with Gasteiger partial charge in [0.2, 0.25) is 5.91 Å². The second-order valence-electron chi connectivity index (χ2n) is 8.35. The third kappa shape index (κ3) is 5.35. The highest BCUT2D eigenvalue weighted by atomic mass is 32.2. The minimum atomic E-state index is -0.0727. The Labute approximate surface area is 209 Å². The molecule has 7 heteroatoms. The smallest absolute Gasteiger partial charge is 0.225 e. The van der Waals surface area contributed by atoms with Gasteiger partial charge in [-0.15, -0.1) is 11.8 Å². The van der Waals surface area contributed by atoms with E-state index in [1.54, 1.807) is 24.3 Å². The summed E-state index contributed by atoms with van der Waals surface area (Å²) in [6.45, 7) is 1.43. The van der Waals surface area contributed by atoms with E-state index in [0.717, 1.165) is 51.9 Å². The number of aryl methyl sites for hydroxylation is 1. The lowest BCUT2D eigenvalue weighted by atomic mass is 9.85. The van der Waals surface area contributed by atoms with Crippen LogP contribution in [0.3, 0.4) is 0 Å². The largest absolute Gasteiger partial charge is 0.493 e. The number of rotatable bonds is 9. The molecule has 178 valence electrons. The quantitative estimate of drug-likeness (QED) is 0.221. The first-order valence-electron chi connectivity index (χ1n) is 11.6. The number of fused-ring (bicyclic) bond motifs is 2. The molecule has 3 aromatic carbocycles. The van der Waals surface area contributed by atoms with Gasteiger partial charge in [-0.1, -0.05) is 36.4 Å². The zero-order valence-electron chi connectivity index (χ0n) is 19.5. The predicted molar refractivity (Wildman–Crippen MR) is 139 cm³/mol. The minimum absolute atomic E-state index is 0.0472. The van der Waals surface area contributed by atoms with Gasteiger partial charge in [0.15, 0.2) is 0 Å². The van der Waals surface area contributed by atoms with E-state index in [9.17, 15) is 4.79 Å². The summed E-state index contributed by atoms with van der Waals surface area (Å²) in [5.74, 6) is 2.23. The van der Waals surface area contributed by atoms with Gasteiger partial charge in [-0.25, -0.2) is 4.98 Å². The molecule has 0 bridgehead atoms. The van der Waals surface area contributed by atoms with Crippen LogP contribution in [0.5, 0.6) is 17.2 Å². The van der Waals surface area contributed by atoms with Gasteiger partial charge in [-0.2, -0.15) is 0 Å². The number of ether oxygens (including phenoxy) is 2. The Morgan fingerprint density at radius 3 is 2.51 bits per heavy atom. The second-order valence-corrected chi connectivity index (χ2v) is 9.20.